The van der Waals surface area contributed by atoms with Crippen molar-refractivity contribution in [3.05, 3.63) is 74.7 Å². The van der Waals surface area contributed by atoms with Gasteiger partial charge in [0.25, 0.3) is 11.5 Å². The second-order valence-corrected chi connectivity index (χ2v) is 11.4. The van der Waals surface area contributed by atoms with Crippen LogP contribution in [0.1, 0.15) is 66.8 Å². The van der Waals surface area contributed by atoms with E-state index in [-0.39, 0.29) is 40.8 Å². The summed E-state index contributed by atoms with van der Waals surface area (Å²) < 4.78 is 18.9. The number of halogens is 1. The van der Waals surface area contributed by atoms with Crippen molar-refractivity contribution < 1.29 is 9.18 Å². The lowest BCUT2D eigenvalue weighted by Crippen LogP contribution is -2.46. The molecule has 2 fully saturated rings. The molecule has 11 heteroatoms. The molecule has 0 unspecified atom stereocenters. The summed E-state index contributed by atoms with van der Waals surface area (Å²) in [4.78, 5) is 48.7. The van der Waals surface area contributed by atoms with Gasteiger partial charge in [-0.2, -0.15) is 11.8 Å². The molecule has 4 aromatic heterocycles. The first-order valence-corrected chi connectivity index (χ1v) is 14.2. The first kappa shape index (κ1) is 24.8. The maximum absolute atomic E-state index is 14.1. The standard InChI is InChI=1S/C27H29FN6O3S/c1-16-3-2-4-23-31-22(15-32(16)23)25(35)30-18-5-7-19(8-6-18)34-26(36)21-13-17(28)14-29-24(21)33(27(34)37)20-9-11-38-12-10-20/h2-4,13-15,18-20H,5-12H2,1H3,(H,30,35). The number of imidazole rings is 1. The van der Waals surface area contributed by atoms with Gasteiger partial charge in [0, 0.05) is 30.0 Å². The van der Waals surface area contributed by atoms with E-state index in [1.54, 1.807) is 10.8 Å². The normalized spacial score (nSPS) is 20.7. The molecule has 0 aromatic carbocycles. The molecule has 198 valence electrons. The molecule has 0 bridgehead atoms. The molecule has 2 aliphatic rings. The zero-order valence-corrected chi connectivity index (χ0v) is 21.9. The number of aromatic nitrogens is 5. The average molecular weight is 537 g/mol. The summed E-state index contributed by atoms with van der Waals surface area (Å²) in [5.41, 5.74) is 1.46. The van der Waals surface area contributed by atoms with Crippen LogP contribution in [0.25, 0.3) is 16.7 Å². The minimum atomic E-state index is -0.598. The SMILES string of the molecule is Cc1cccc2nc(C(=O)NC3CCC(n4c(=O)c5cc(F)cnc5n(C5CCSCC5)c4=O)CC3)cn12. The molecule has 1 amide bonds. The van der Waals surface area contributed by atoms with Gasteiger partial charge in [0.2, 0.25) is 0 Å². The Morgan fingerprint density at radius 3 is 2.53 bits per heavy atom. The zero-order valence-electron chi connectivity index (χ0n) is 21.1. The molecular formula is C27H29FN6O3S. The number of hydrogen-bond acceptors (Lipinski definition) is 6. The molecule has 6 rings (SSSR count). The predicted molar refractivity (Wildman–Crippen MR) is 145 cm³/mol. The van der Waals surface area contributed by atoms with Crippen molar-refractivity contribution in [3.8, 4) is 0 Å². The van der Waals surface area contributed by atoms with E-state index in [9.17, 15) is 18.8 Å². The van der Waals surface area contributed by atoms with Gasteiger partial charge in [-0.3, -0.25) is 18.7 Å². The van der Waals surface area contributed by atoms with E-state index in [2.05, 4.69) is 15.3 Å². The number of hydrogen-bond donors (Lipinski definition) is 1. The highest BCUT2D eigenvalue weighted by molar-refractivity contribution is 7.99. The molecule has 1 aliphatic heterocycles. The van der Waals surface area contributed by atoms with Crippen LogP contribution in [0.3, 0.4) is 0 Å². The fourth-order valence-corrected chi connectivity index (χ4v) is 6.88. The van der Waals surface area contributed by atoms with Crippen molar-refractivity contribution in [2.45, 2.75) is 63.6 Å². The van der Waals surface area contributed by atoms with Gasteiger partial charge in [-0.25, -0.2) is 19.2 Å². The maximum Gasteiger partial charge on any atom is 0.333 e. The van der Waals surface area contributed by atoms with Crippen molar-refractivity contribution in [3.63, 3.8) is 0 Å². The lowest BCUT2D eigenvalue weighted by molar-refractivity contribution is 0.0917. The summed E-state index contributed by atoms with van der Waals surface area (Å²) >= 11 is 1.84. The van der Waals surface area contributed by atoms with E-state index in [1.807, 2.05) is 41.3 Å². The van der Waals surface area contributed by atoms with Crippen LogP contribution < -0.4 is 16.6 Å². The third kappa shape index (κ3) is 4.42. The lowest BCUT2D eigenvalue weighted by atomic mass is 9.90. The molecular weight excluding hydrogens is 507 g/mol. The van der Waals surface area contributed by atoms with Crippen LogP contribution in [0.4, 0.5) is 4.39 Å². The monoisotopic (exact) mass is 536 g/mol. The number of amides is 1. The van der Waals surface area contributed by atoms with E-state index < -0.39 is 11.4 Å². The number of rotatable bonds is 4. The number of nitrogens with one attached hydrogen (secondary N) is 1. The highest BCUT2D eigenvalue weighted by Crippen LogP contribution is 2.30. The maximum atomic E-state index is 14.1. The first-order valence-electron chi connectivity index (χ1n) is 13.1. The van der Waals surface area contributed by atoms with Crippen LogP contribution in [0, 0.1) is 12.7 Å². The Morgan fingerprint density at radius 2 is 1.79 bits per heavy atom. The molecule has 9 nitrogen and oxygen atoms in total. The number of aryl methyl sites for hydroxylation is 1. The second kappa shape index (κ2) is 10.0. The molecule has 4 aromatic rings. The van der Waals surface area contributed by atoms with Crippen LogP contribution in [0.15, 0.2) is 46.2 Å². The highest BCUT2D eigenvalue weighted by Gasteiger charge is 2.30. The Kier molecular flexibility index (Phi) is 6.55. The van der Waals surface area contributed by atoms with E-state index in [4.69, 9.17) is 0 Å². The van der Waals surface area contributed by atoms with Gasteiger partial charge in [-0.15, -0.1) is 0 Å². The molecule has 1 saturated heterocycles. The van der Waals surface area contributed by atoms with Gasteiger partial charge >= 0.3 is 5.69 Å². The number of thioether (sulfide) groups is 1. The molecule has 38 heavy (non-hydrogen) atoms. The summed E-state index contributed by atoms with van der Waals surface area (Å²) in [6.07, 6.45) is 6.76. The average Bonchev–Trinajstić information content (AvgIpc) is 3.37. The van der Waals surface area contributed by atoms with E-state index in [0.29, 0.717) is 37.0 Å². The largest absolute Gasteiger partial charge is 0.348 e. The van der Waals surface area contributed by atoms with Gasteiger partial charge < -0.3 is 9.72 Å². The Morgan fingerprint density at radius 1 is 1.05 bits per heavy atom. The number of carbonyl (C=O) groups is 1. The van der Waals surface area contributed by atoms with Crippen molar-refractivity contribution in [1.82, 2.24) is 28.8 Å². The molecule has 5 heterocycles. The van der Waals surface area contributed by atoms with Gasteiger partial charge in [0.1, 0.15) is 22.8 Å². The number of fused-ring (bicyclic) bond motifs is 2. The fraction of sp³-hybridized carbons (Fsp3) is 0.444. The fourth-order valence-electron chi connectivity index (χ4n) is 5.79. The van der Waals surface area contributed by atoms with E-state index in [1.165, 1.54) is 10.6 Å². The van der Waals surface area contributed by atoms with Crippen molar-refractivity contribution in [1.29, 1.82) is 0 Å². The summed E-state index contributed by atoms with van der Waals surface area (Å²) in [6, 6.07) is 6.43. The van der Waals surface area contributed by atoms with Crippen LogP contribution >= 0.6 is 11.8 Å². The minimum absolute atomic E-state index is 0.0687. The van der Waals surface area contributed by atoms with Gasteiger partial charge in [-0.05, 0) is 75.2 Å². The summed E-state index contributed by atoms with van der Waals surface area (Å²) in [5, 5.41) is 3.21. The number of nitrogens with zero attached hydrogens (tertiary/aromatic N) is 5. The molecule has 0 atom stereocenters. The quantitative estimate of drug-likeness (QED) is 0.427. The van der Waals surface area contributed by atoms with Crippen molar-refractivity contribution >= 4 is 34.3 Å². The van der Waals surface area contributed by atoms with Gasteiger partial charge in [0.05, 0.1) is 11.6 Å². The zero-order chi connectivity index (χ0) is 26.4. The molecule has 0 radical (unpaired) electrons. The van der Waals surface area contributed by atoms with Crippen LogP contribution in [0.2, 0.25) is 0 Å². The van der Waals surface area contributed by atoms with Gasteiger partial charge in [0.15, 0.2) is 0 Å². The van der Waals surface area contributed by atoms with Crippen LogP contribution in [-0.4, -0.2) is 47.0 Å². The Hall–Kier alpha value is -3.47. The Balaban J connectivity index is 1.25. The Bertz CT molecular complexity index is 1650. The van der Waals surface area contributed by atoms with Crippen molar-refractivity contribution in [2.75, 3.05) is 11.5 Å². The summed E-state index contributed by atoms with van der Waals surface area (Å²) in [6.45, 7) is 1.96. The highest BCUT2D eigenvalue weighted by atomic mass is 32.2. The molecule has 0 spiro atoms. The predicted octanol–water partition coefficient (Wildman–Crippen LogP) is 3.64. The molecule has 1 saturated carbocycles. The first-order chi connectivity index (χ1) is 18.4. The smallest absolute Gasteiger partial charge is 0.333 e. The third-order valence-corrected chi connectivity index (χ3v) is 8.85. The Labute approximate surface area is 222 Å². The second-order valence-electron chi connectivity index (χ2n) is 10.2. The molecule has 1 N–H and O–H groups in total. The third-order valence-electron chi connectivity index (χ3n) is 7.80. The summed E-state index contributed by atoms with van der Waals surface area (Å²) in [7, 11) is 0. The number of pyridine rings is 2. The molecule has 1 aliphatic carbocycles. The van der Waals surface area contributed by atoms with Crippen LogP contribution in [0.5, 0.6) is 0 Å². The summed E-state index contributed by atoms with van der Waals surface area (Å²) in [5.74, 6) is 1.02. The number of carbonyl (C=O) groups excluding carboxylic acids is 1. The van der Waals surface area contributed by atoms with E-state index in [0.717, 1.165) is 36.2 Å². The van der Waals surface area contributed by atoms with E-state index >= 15 is 0 Å². The van der Waals surface area contributed by atoms with Gasteiger partial charge in [-0.1, -0.05) is 6.07 Å². The lowest BCUT2D eigenvalue weighted by Gasteiger charge is -2.31. The topological polar surface area (TPSA) is 103 Å². The van der Waals surface area contributed by atoms with Crippen molar-refractivity contribution in [2.24, 2.45) is 0 Å². The van der Waals surface area contributed by atoms with Crippen LogP contribution in [-0.2, 0) is 0 Å². The minimum Gasteiger partial charge on any atom is -0.348 e.